The number of hydrogen-bond donors (Lipinski definition) is 2. The van der Waals surface area contributed by atoms with Gasteiger partial charge in [-0.05, 0) is 12.1 Å². The van der Waals surface area contributed by atoms with E-state index in [2.05, 4.69) is 0 Å². The predicted octanol–water partition coefficient (Wildman–Crippen LogP) is 0.495. The van der Waals surface area contributed by atoms with Gasteiger partial charge in [0.2, 0.25) is 0 Å². The van der Waals surface area contributed by atoms with Gasteiger partial charge >= 0.3 is 0 Å². The fourth-order valence-electron chi connectivity index (χ4n) is 1.88. The SMILES string of the molecule is OCCOCCOCCOc1ccccc1OCCOCCOCCO. The first kappa shape index (κ1) is 22.6. The van der Waals surface area contributed by atoms with E-state index in [0.717, 1.165) is 0 Å². The summed E-state index contributed by atoms with van der Waals surface area (Å²) in [5.41, 5.74) is 0. The van der Waals surface area contributed by atoms with E-state index >= 15 is 0 Å². The van der Waals surface area contributed by atoms with Crippen LogP contribution in [0, 0.1) is 0 Å². The van der Waals surface area contributed by atoms with Gasteiger partial charge in [-0.3, -0.25) is 0 Å². The molecule has 8 nitrogen and oxygen atoms in total. The van der Waals surface area contributed by atoms with Gasteiger partial charge in [-0.2, -0.15) is 0 Å². The largest absolute Gasteiger partial charge is 0.487 e. The third-order valence-electron chi connectivity index (χ3n) is 3.03. The molecule has 0 aliphatic heterocycles. The highest BCUT2D eigenvalue weighted by Gasteiger charge is 2.04. The zero-order valence-corrected chi connectivity index (χ0v) is 15.1. The average Bonchev–Trinajstić information content (AvgIpc) is 2.67. The minimum Gasteiger partial charge on any atom is -0.487 e. The molecule has 1 aromatic carbocycles. The van der Waals surface area contributed by atoms with Crippen LogP contribution in [-0.2, 0) is 18.9 Å². The van der Waals surface area contributed by atoms with E-state index in [1.54, 1.807) is 0 Å². The average molecular weight is 374 g/mol. The van der Waals surface area contributed by atoms with Crippen LogP contribution in [0.4, 0.5) is 0 Å². The van der Waals surface area contributed by atoms with Crippen molar-refractivity contribution in [3.05, 3.63) is 24.3 Å². The third-order valence-corrected chi connectivity index (χ3v) is 3.03. The van der Waals surface area contributed by atoms with Crippen molar-refractivity contribution in [1.29, 1.82) is 0 Å². The molecular formula is C18H30O8. The molecule has 0 fully saturated rings. The minimum absolute atomic E-state index is 0.0163. The second-order valence-electron chi connectivity index (χ2n) is 5.04. The van der Waals surface area contributed by atoms with Gasteiger partial charge in [0.15, 0.2) is 11.5 Å². The van der Waals surface area contributed by atoms with Crippen molar-refractivity contribution in [2.24, 2.45) is 0 Å². The zero-order valence-electron chi connectivity index (χ0n) is 15.1. The molecule has 1 rings (SSSR count). The third kappa shape index (κ3) is 12.0. The Morgan fingerprint density at radius 1 is 0.500 bits per heavy atom. The number of rotatable bonds is 18. The van der Waals surface area contributed by atoms with Crippen molar-refractivity contribution >= 4 is 0 Å². The molecule has 0 aliphatic rings. The van der Waals surface area contributed by atoms with Crippen molar-refractivity contribution in [3.8, 4) is 11.5 Å². The lowest BCUT2D eigenvalue weighted by Crippen LogP contribution is -2.13. The first-order chi connectivity index (χ1) is 12.9. The molecule has 0 aromatic heterocycles. The van der Waals surface area contributed by atoms with Gasteiger partial charge in [-0.1, -0.05) is 12.1 Å². The molecule has 0 unspecified atom stereocenters. The van der Waals surface area contributed by atoms with Crippen LogP contribution in [0.5, 0.6) is 11.5 Å². The van der Waals surface area contributed by atoms with E-state index in [1.165, 1.54) is 0 Å². The number of benzene rings is 1. The van der Waals surface area contributed by atoms with Gasteiger partial charge in [-0.25, -0.2) is 0 Å². The molecule has 0 atom stereocenters. The second kappa shape index (κ2) is 17.0. The lowest BCUT2D eigenvalue weighted by molar-refractivity contribution is 0.0223. The topological polar surface area (TPSA) is 95.8 Å². The molecule has 26 heavy (non-hydrogen) atoms. The Morgan fingerprint density at radius 3 is 1.23 bits per heavy atom. The maximum Gasteiger partial charge on any atom is 0.161 e. The summed E-state index contributed by atoms with van der Waals surface area (Å²) >= 11 is 0. The fourth-order valence-corrected chi connectivity index (χ4v) is 1.88. The number of ether oxygens (including phenoxy) is 6. The summed E-state index contributed by atoms with van der Waals surface area (Å²) in [4.78, 5) is 0. The standard InChI is InChI=1S/C18H30O8/c19-5-7-21-9-11-23-13-15-25-17-3-1-2-4-18(17)26-16-14-24-12-10-22-8-6-20/h1-4,19-20H,5-16H2. The van der Waals surface area contributed by atoms with E-state index < -0.39 is 0 Å². The normalized spacial score (nSPS) is 10.8. The Bertz CT molecular complexity index is 390. The van der Waals surface area contributed by atoms with Crippen LogP contribution in [0.3, 0.4) is 0 Å². The quantitative estimate of drug-likeness (QED) is 0.359. The molecule has 0 radical (unpaired) electrons. The highest BCUT2D eigenvalue weighted by atomic mass is 16.6. The molecule has 0 bridgehead atoms. The molecule has 0 saturated carbocycles. The van der Waals surface area contributed by atoms with Gasteiger partial charge in [0.25, 0.3) is 0 Å². The predicted molar refractivity (Wildman–Crippen MR) is 94.9 cm³/mol. The van der Waals surface area contributed by atoms with Gasteiger partial charge in [-0.15, -0.1) is 0 Å². The molecule has 0 spiro atoms. The van der Waals surface area contributed by atoms with Crippen LogP contribution in [0.1, 0.15) is 0 Å². The first-order valence-electron chi connectivity index (χ1n) is 8.75. The summed E-state index contributed by atoms with van der Waals surface area (Å²) in [5, 5.41) is 17.1. The maximum absolute atomic E-state index is 8.57. The smallest absolute Gasteiger partial charge is 0.161 e. The second-order valence-corrected chi connectivity index (χ2v) is 5.04. The van der Waals surface area contributed by atoms with Crippen LogP contribution in [0.25, 0.3) is 0 Å². The van der Waals surface area contributed by atoms with Crippen molar-refractivity contribution in [3.63, 3.8) is 0 Å². The molecule has 150 valence electrons. The molecule has 2 N–H and O–H groups in total. The number of para-hydroxylation sites is 2. The Kier molecular flexibility index (Phi) is 14.8. The van der Waals surface area contributed by atoms with Crippen molar-refractivity contribution in [1.82, 2.24) is 0 Å². The lowest BCUT2D eigenvalue weighted by atomic mass is 10.3. The Hall–Kier alpha value is -1.42. The fraction of sp³-hybridized carbons (Fsp3) is 0.667. The Balaban J connectivity index is 2.10. The Labute approximate surface area is 154 Å². The highest BCUT2D eigenvalue weighted by Crippen LogP contribution is 2.26. The molecular weight excluding hydrogens is 344 g/mol. The summed E-state index contributed by atoms with van der Waals surface area (Å²) in [6.45, 7) is 4.18. The summed E-state index contributed by atoms with van der Waals surface area (Å²) in [7, 11) is 0. The van der Waals surface area contributed by atoms with E-state index in [-0.39, 0.29) is 13.2 Å². The molecule has 0 aliphatic carbocycles. The summed E-state index contributed by atoms with van der Waals surface area (Å²) in [5.74, 6) is 1.30. The van der Waals surface area contributed by atoms with Crippen molar-refractivity contribution < 1.29 is 38.6 Å². The molecule has 0 amide bonds. The minimum atomic E-state index is 0.0163. The van der Waals surface area contributed by atoms with Gasteiger partial charge in [0.05, 0.1) is 66.1 Å². The molecule has 0 saturated heterocycles. The molecule has 8 heteroatoms. The summed E-state index contributed by atoms with van der Waals surface area (Å²) < 4.78 is 32.3. The maximum atomic E-state index is 8.57. The summed E-state index contributed by atoms with van der Waals surface area (Å²) in [6.07, 6.45) is 0. The zero-order chi connectivity index (χ0) is 18.7. The summed E-state index contributed by atoms with van der Waals surface area (Å²) in [6, 6.07) is 7.42. The lowest BCUT2D eigenvalue weighted by Gasteiger charge is -2.13. The van der Waals surface area contributed by atoms with Crippen molar-refractivity contribution in [2.45, 2.75) is 0 Å². The Morgan fingerprint density at radius 2 is 0.846 bits per heavy atom. The van der Waals surface area contributed by atoms with Crippen LogP contribution in [0.2, 0.25) is 0 Å². The van der Waals surface area contributed by atoms with Crippen LogP contribution in [0.15, 0.2) is 24.3 Å². The van der Waals surface area contributed by atoms with E-state index in [0.29, 0.717) is 77.6 Å². The van der Waals surface area contributed by atoms with Crippen LogP contribution in [-0.4, -0.2) is 89.5 Å². The number of aliphatic hydroxyl groups excluding tert-OH is 2. The van der Waals surface area contributed by atoms with Gasteiger partial charge in [0.1, 0.15) is 13.2 Å². The van der Waals surface area contributed by atoms with Gasteiger partial charge in [0, 0.05) is 0 Å². The highest BCUT2D eigenvalue weighted by molar-refractivity contribution is 5.39. The van der Waals surface area contributed by atoms with E-state index in [9.17, 15) is 0 Å². The van der Waals surface area contributed by atoms with Gasteiger partial charge < -0.3 is 38.6 Å². The van der Waals surface area contributed by atoms with Crippen molar-refractivity contribution in [2.75, 3.05) is 79.3 Å². The van der Waals surface area contributed by atoms with E-state index in [1.807, 2.05) is 24.3 Å². The number of hydrogen-bond acceptors (Lipinski definition) is 8. The molecule has 1 aromatic rings. The van der Waals surface area contributed by atoms with Crippen LogP contribution < -0.4 is 9.47 Å². The first-order valence-corrected chi connectivity index (χ1v) is 8.75. The monoisotopic (exact) mass is 374 g/mol. The van der Waals surface area contributed by atoms with Crippen LogP contribution >= 0.6 is 0 Å². The van der Waals surface area contributed by atoms with E-state index in [4.69, 9.17) is 38.6 Å². The molecule has 0 heterocycles. The number of aliphatic hydroxyl groups is 2.